The van der Waals surface area contributed by atoms with Gasteiger partial charge in [0.15, 0.2) is 17.3 Å². The molecule has 0 atom stereocenters. The Kier molecular flexibility index (Phi) is 5.86. The van der Waals surface area contributed by atoms with Gasteiger partial charge in [0.25, 0.3) is 0 Å². The predicted octanol–water partition coefficient (Wildman–Crippen LogP) is 4.85. The van der Waals surface area contributed by atoms with Crippen molar-refractivity contribution in [1.82, 2.24) is 19.9 Å². The highest BCUT2D eigenvalue weighted by molar-refractivity contribution is 5.93. The molecule has 0 saturated carbocycles. The lowest BCUT2D eigenvalue weighted by molar-refractivity contribution is 0.356. The second-order valence-corrected chi connectivity index (χ2v) is 7.75. The highest BCUT2D eigenvalue weighted by Crippen LogP contribution is 2.35. The number of hydrogen-bond donors (Lipinski definition) is 2. The third-order valence-corrected chi connectivity index (χ3v) is 5.77. The molecule has 8 nitrogen and oxygen atoms in total. The number of benzene rings is 2. The van der Waals surface area contributed by atoms with Crippen LogP contribution in [0.3, 0.4) is 0 Å². The van der Waals surface area contributed by atoms with E-state index < -0.39 is 0 Å². The Morgan fingerprint density at radius 3 is 2.47 bits per heavy atom. The maximum absolute atomic E-state index is 5.51. The van der Waals surface area contributed by atoms with Crippen LogP contribution in [0, 0.1) is 0 Å². The number of H-pyrrole nitrogens is 1. The summed E-state index contributed by atoms with van der Waals surface area (Å²) in [5.74, 6) is 3.04. The lowest BCUT2D eigenvalue weighted by atomic mass is 10.1. The van der Waals surface area contributed by atoms with Crippen LogP contribution >= 0.6 is 0 Å². The number of para-hydroxylation sites is 1. The zero-order valence-corrected chi connectivity index (χ0v) is 19.3. The minimum atomic E-state index is 0.535. The Balaban J connectivity index is 1.51. The molecule has 172 valence electrons. The van der Waals surface area contributed by atoms with Crippen molar-refractivity contribution in [3.8, 4) is 28.8 Å². The summed E-state index contributed by atoms with van der Waals surface area (Å²) in [6, 6.07) is 15.8. The third-order valence-electron chi connectivity index (χ3n) is 5.77. The van der Waals surface area contributed by atoms with Gasteiger partial charge in [0, 0.05) is 52.9 Å². The number of hydrogen-bond acceptors (Lipinski definition) is 7. The number of nitrogens with zero attached hydrogens (tertiary/aromatic N) is 3. The topological polar surface area (TPSA) is 94.2 Å². The van der Waals surface area contributed by atoms with Gasteiger partial charge in [-0.1, -0.05) is 18.2 Å². The van der Waals surface area contributed by atoms with Gasteiger partial charge in [0.05, 0.1) is 26.8 Å². The SMILES string of the molecule is COc1ccc(-c2nc(NCCc3c[nH]c4ccccc34)c3cc(OC)c(OC)cc3n2)cn1. The summed E-state index contributed by atoms with van der Waals surface area (Å²) in [6.45, 7) is 0.697. The van der Waals surface area contributed by atoms with Crippen molar-refractivity contribution in [2.24, 2.45) is 0 Å². The quantitative estimate of drug-likeness (QED) is 0.345. The zero-order chi connectivity index (χ0) is 23.5. The minimum Gasteiger partial charge on any atom is -0.493 e. The number of nitrogens with one attached hydrogen (secondary N) is 2. The molecule has 2 N–H and O–H groups in total. The molecule has 3 aromatic heterocycles. The van der Waals surface area contributed by atoms with Gasteiger partial charge in [-0.05, 0) is 30.2 Å². The summed E-state index contributed by atoms with van der Waals surface area (Å²) < 4.78 is 16.2. The molecule has 0 aliphatic rings. The van der Waals surface area contributed by atoms with Gasteiger partial charge in [-0.25, -0.2) is 15.0 Å². The van der Waals surface area contributed by atoms with Crippen LogP contribution in [-0.2, 0) is 6.42 Å². The van der Waals surface area contributed by atoms with E-state index in [9.17, 15) is 0 Å². The second-order valence-electron chi connectivity index (χ2n) is 7.75. The molecule has 0 radical (unpaired) electrons. The summed E-state index contributed by atoms with van der Waals surface area (Å²) in [5, 5.41) is 5.58. The minimum absolute atomic E-state index is 0.535. The van der Waals surface area contributed by atoms with Crippen molar-refractivity contribution in [1.29, 1.82) is 0 Å². The first kappa shape index (κ1) is 21.5. The standard InChI is InChI=1S/C26H25N5O3/c1-32-22-12-19-21(13-23(22)33-2)30-25(17-8-9-24(34-3)29-15-17)31-26(19)27-11-10-16-14-28-20-7-5-4-6-18(16)20/h4-9,12-15,28H,10-11H2,1-3H3,(H,27,30,31). The maximum Gasteiger partial charge on any atom is 0.212 e. The summed E-state index contributed by atoms with van der Waals surface area (Å²) in [7, 11) is 4.81. The highest BCUT2D eigenvalue weighted by atomic mass is 16.5. The number of ether oxygens (including phenoxy) is 3. The molecule has 0 amide bonds. The van der Waals surface area contributed by atoms with Gasteiger partial charge in [-0.3, -0.25) is 0 Å². The number of aromatic nitrogens is 4. The fraction of sp³-hybridized carbons (Fsp3) is 0.192. The largest absolute Gasteiger partial charge is 0.493 e. The van der Waals surface area contributed by atoms with Crippen LogP contribution in [0.2, 0.25) is 0 Å². The molecule has 0 bridgehead atoms. The predicted molar refractivity (Wildman–Crippen MR) is 133 cm³/mol. The number of pyridine rings is 1. The molecule has 0 aliphatic carbocycles. The third kappa shape index (κ3) is 4.05. The van der Waals surface area contributed by atoms with Gasteiger partial charge in [-0.15, -0.1) is 0 Å². The lowest BCUT2D eigenvalue weighted by Crippen LogP contribution is -2.08. The van der Waals surface area contributed by atoms with E-state index in [2.05, 4.69) is 39.7 Å². The molecule has 0 unspecified atom stereocenters. The van der Waals surface area contributed by atoms with Crippen molar-refractivity contribution < 1.29 is 14.2 Å². The van der Waals surface area contributed by atoms with Gasteiger partial charge >= 0.3 is 0 Å². The molecule has 8 heteroatoms. The van der Waals surface area contributed by atoms with E-state index in [1.165, 1.54) is 10.9 Å². The maximum atomic E-state index is 5.51. The zero-order valence-electron chi connectivity index (χ0n) is 19.3. The van der Waals surface area contributed by atoms with E-state index in [0.29, 0.717) is 29.7 Å². The summed E-state index contributed by atoms with van der Waals surface area (Å²) in [6.07, 6.45) is 4.60. The smallest absolute Gasteiger partial charge is 0.212 e. The van der Waals surface area contributed by atoms with Crippen LogP contribution < -0.4 is 19.5 Å². The molecule has 0 spiro atoms. The highest BCUT2D eigenvalue weighted by Gasteiger charge is 2.15. The summed E-state index contributed by atoms with van der Waals surface area (Å²) >= 11 is 0. The van der Waals surface area contributed by atoms with Crippen molar-refractivity contribution in [3.05, 3.63) is 66.5 Å². The van der Waals surface area contributed by atoms with Crippen molar-refractivity contribution in [3.63, 3.8) is 0 Å². The van der Waals surface area contributed by atoms with Crippen LogP contribution in [-0.4, -0.2) is 47.8 Å². The monoisotopic (exact) mass is 455 g/mol. The van der Waals surface area contributed by atoms with Crippen LogP contribution in [0.1, 0.15) is 5.56 Å². The molecule has 0 saturated heterocycles. The van der Waals surface area contributed by atoms with E-state index in [4.69, 9.17) is 24.2 Å². The molecular formula is C26H25N5O3. The molecule has 5 aromatic rings. The van der Waals surface area contributed by atoms with E-state index in [1.807, 2.05) is 24.3 Å². The Bertz CT molecular complexity index is 1450. The lowest BCUT2D eigenvalue weighted by Gasteiger charge is -2.14. The summed E-state index contributed by atoms with van der Waals surface area (Å²) in [5.41, 5.74) is 3.92. The molecular weight excluding hydrogens is 430 g/mol. The normalized spacial score (nSPS) is 11.0. The van der Waals surface area contributed by atoms with Gasteiger partial charge in [0.1, 0.15) is 5.82 Å². The van der Waals surface area contributed by atoms with E-state index in [0.717, 1.165) is 34.2 Å². The Labute approximate surface area is 196 Å². The van der Waals surface area contributed by atoms with Gasteiger partial charge in [0.2, 0.25) is 5.88 Å². The van der Waals surface area contributed by atoms with E-state index >= 15 is 0 Å². The van der Waals surface area contributed by atoms with Crippen molar-refractivity contribution in [2.45, 2.75) is 6.42 Å². The van der Waals surface area contributed by atoms with Crippen molar-refractivity contribution in [2.75, 3.05) is 33.2 Å². The molecule has 3 heterocycles. The van der Waals surface area contributed by atoms with Gasteiger partial charge in [-0.2, -0.15) is 0 Å². The van der Waals surface area contributed by atoms with Crippen LogP contribution in [0.25, 0.3) is 33.2 Å². The first-order chi connectivity index (χ1) is 16.7. The van der Waals surface area contributed by atoms with Crippen LogP contribution in [0.5, 0.6) is 17.4 Å². The average molecular weight is 456 g/mol. The molecule has 0 aliphatic heterocycles. The molecule has 0 fully saturated rings. The fourth-order valence-electron chi connectivity index (χ4n) is 4.01. The number of anilines is 1. The van der Waals surface area contributed by atoms with Gasteiger partial charge < -0.3 is 24.5 Å². The number of methoxy groups -OCH3 is 3. The molecule has 2 aromatic carbocycles. The second kappa shape index (κ2) is 9.27. The first-order valence-electron chi connectivity index (χ1n) is 10.9. The number of fused-ring (bicyclic) bond motifs is 2. The number of rotatable bonds is 8. The Morgan fingerprint density at radius 2 is 1.71 bits per heavy atom. The molecule has 34 heavy (non-hydrogen) atoms. The van der Waals surface area contributed by atoms with Crippen LogP contribution in [0.4, 0.5) is 5.82 Å². The molecule has 5 rings (SSSR count). The Morgan fingerprint density at radius 1 is 0.882 bits per heavy atom. The average Bonchev–Trinajstić information content (AvgIpc) is 3.30. The first-order valence-corrected chi connectivity index (χ1v) is 10.9. The Hall–Kier alpha value is -4.33. The van der Waals surface area contributed by atoms with E-state index in [-0.39, 0.29) is 0 Å². The van der Waals surface area contributed by atoms with E-state index in [1.54, 1.807) is 33.6 Å². The fourth-order valence-corrected chi connectivity index (χ4v) is 4.01. The summed E-state index contributed by atoms with van der Waals surface area (Å²) in [4.78, 5) is 17.2. The number of aromatic amines is 1. The van der Waals surface area contributed by atoms with Crippen LogP contribution in [0.15, 0.2) is 60.9 Å². The van der Waals surface area contributed by atoms with Crippen molar-refractivity contribution >= 4 is 27.6 Å².